The molecule has 0 saturated carbocycles. The predicted molar refractivity (Wildman–Crippen MR) is 141 cm³/mol. The van der Waals surface area contributed by atoms with Gasteiger partial charge in [-0.15, -0.1) is 10.2 Å². The first-order valence-electron chi connectivity index (χ1n) is 12.9. The molecule has 0 aromatic carbocycles. The first-order chi connectivity index (χ1) is 18.3. The lowest BCUT2D eigenvalue weighted by atomic mass is 9.99. The van der Waals surface area contributed by atoms with Gasteiger partial charge in [0.05, 0.1) is 24.5 Å². The Hall–Kier alpha value is -2.96. The Bertz CT molecular complexity index is 1310. The average molecular weight is 545 g/mol. The van der Waals surface area contributed by atoms with Gasteiger partial charge in [-0.3, -0.25) is 0 Å². The van der Waals surface area contributed by atoms with Gasteiger partial charge < -0.3 is 18.8 Å². The van der Waals surface area contributed by atoms with Crippen LogP contribution in [0, 0.1) is 6.92 Å². The van der Waals surface area contributed by atoms with Crippen molar-refractivity contribution in [3.63, 3.8) is 0 Å². The predicted octanol–water partition coefficient (Wildman–Crippen LogP) is 3.66. The average Bonchev–Trinajstić information content (AvgIpc) is 3.33. The summed E-state index contributed by atoms with van der Waals surface area (Å²) in [6.07, 6.45) is 6.02. The smallest absolute Gasteiger partial charge is 0.213 e. The molecule has 38 heavy (non-hydrogen) atoms. The van der Waals surface area contributed by atoms with E-state index in [0.717, 1.165) is 24.8 Å². The molecule has 3 aromatic heterocycles. The van der Waals surface area contributed by atoms with Crippen molar-refractivity contribution < 1.29 is 22.6 Å². The van der Waals surface area contributed by atoms with Crippen LogP contribution in [0.5, 0.6) is 5.88 Å². The molecule has 0 amide bonds. The number of methoxy groups -OCH3 is 2. The third-order valence-corrected chi connectivity index (χ3v) is 9.00. The van der Waals surface area contributed by atoms with E-state index >= 15 is 0 Å². The fourth-order valence-corrected chi connectivity index (χ4v) is 6.26. The second-order valence-corrected chi connectivity index (χ2v) is 11.9. The molecular weight excluding hydrogens is 508 g/mol. The maximum atomic E-state index is 13.7. The first-order valence-corrected chi connectivity index (χ1v) is 14.6. The van der Waals surface area contributed by atoms with E-state index in [1.165, 1.54) is 7.11 Å². The number of sulfone groups is 1. The van der Waals surface area contributed by atoms with Gasteiger partial charge in [0.1, 0.15) is 23.4 Å². The van der Waals surface area contributed by atoms with E-state index in [1.807, 2.05) is 23.6 Å². The normalized spacial score (nSPS) is 18.6. The van der Waals surface area contributed by atoms with Crippen molar-refractivity contribution in [3.05, 3.63) is 47.8 Å². The van der Waals surface area contributed by atoms with Gasteiger partial charge in [0, 0.05) is 32.2 Å². The second-order valence-electron chi connectivity index (χ2n) is 9.54. The summed E-state index contributed by atoms with van der Waals surface area (Å²) in [7, 11) is -0.766. The molecule has 1 aliphatic rings. The topological polar surface area (TPSA) is 131 Å². The van der Waals surface area contributed by atoms with E-state index in [0.29, 0.717) is 42.1 Å². The maximum Gasteiger partial charge on any atom is 0.213 e. The summed E-state index contributed by atoms with van der Waals surface area (Å²) in [5.41, 5.74) is 1.42. The standard InChI is InChI=1S/C26H36N6O5S/c1-6-20(21-11-7-8-13-37-21)32-22(30-31-26(32)19-10-9-12-23(29-19)35-4)16-38(33,34)18(3)24(36-5)25-27-14-17(2)15-28-25/h9-10,12,14-15,18,20-21,24H,6-8,11,13,16H2,1-5H3/t18-,20+,21-,24-/m0/s1. The Morgan fingerprint density at radius 1 is 1.16 bits per heavy atom. The summed E-state index contributed by atoms with van der Waals surface area (Å²) >= 11 is 0. The highest BCUT2D eigenvalue weighted by atomic mass is 32.2. The van der Waals surface area contributed by atoms with Crippen LogP contribution < -0.4 is 4.74 Å². The highest BCUT2D eigenvalue weighted by Gasteiger charge is 2.36. The van der Waals surface area contributed by atoms with Gasteiger partial charge >= 0.3 is 0 Å². The van der Waals surface area contributed by atoms with Crippen LogP contribution in [0.1, 0.15) is 68.9 Å². The lowest BCUT2D eigenvalue weighted by molar-refractivity contribution is -0.0179. The SMILES string of the molecule is CC[C@H]([C@@H]1CCCCO1)n1c(CS(=O)(=O)[C@@H](C)[C@H](OC)c2ncc(C)cn2)nnc1-c1cccc(OC)n1. The number of pyridine rings is 1. The highest BCUT2D eigenvalue weighted by Crippen LogP contribution is 2.33. The molecule has 0 bridgehead atoms. The van der Waals surface area contributed by atoms with Crippen molar-refractivity contribution in [2.75, 3.05) is 20.8 Å². The molecule has 0 unspecified atom stereocenters. The Kier molecular flexibility index (Phi) is 9.06. The van der Waals surface area contributed by atoms with Crippen molar-refractivity contribution >= 4 is 9.84 Å². The molecule has 0 aliphatic carbocycles. The molecule has 0 spiro atoms. The fraction of sp³-hybridized carbons (Fsp3) is 0.577. The van der Waals surface area contributed by atoms with Gasteiger partial charge in [-0.1, -0.05) is 13.0 Å². The highest BCUT2D eigenvalue weighted by molar-refractivity contribution is 7.91. The van der Waals surface area contributed by atoms with E-state index in [4.69, 9.17) is 14.2 Å². The lowest BCUT2D eigenvalue weighted by Crippen LogP contribution is -2.33. The number of aryl methyl sites for hydroxylation is 1. The summed E-state index contributed by atoms with van der Waals surface area (Å²) in [5, 5.41) is 7.87. The van der Waals surface area contributed by atoms with E-state index in [-0.39, 0.29) is 17.9 Å². The molecule has 4 rings (SSSR count). The Morgan fingerprint density at radius 2 is 1.92 bits per heavy atom. The monoisotopic (exact) mass is 544 g/mol. The zero-order chi connectivity index (χ0) is 27.3. The van der Waals surface area contributed by atoms with E-state index in [1.54, 1.807) is 32.5 Å². The zero-order valence-corrected chi connectivity index (χ0v) is 23.4. The van der Waals surface area contributed by atoms with Crippen LogP contribution in [0.25, 0.3) is 11.5 Å². The number of rotatable bonds is 11. The first kappa shape index (κ1) is 28.1. The maximum absolute atomic E-state index is 13.7. The van der Waals surface area contributed by atoms with Gasteiger partial charge in [0.15, 0.2) is 21.5 Å². The number of hydrogen-bond donors (Lipinski definition) is 0. The lowest BCUT2D eigenvalue weighted by Gasteiger charge is -2.32. The summed E-state index contributed by atoms with van der Waals surface area (Å²) in [6, 6.07) is 5.22. The minimum absolute atomic E-state index is 0.0827. The minimum Gasteiger partial charge on any atom is -0.481 e. The van der Waals surface area contributed by atoms with Crippen LogP contribution in [0.3, 0.4) is 0 Å². The molecule has 0 N–H and O–H groups in total. The summed E-state index contributed by atoms with van der Waals surface area (Å²) in [4.78, 5) is 13.1. The molecule has 12 heteroatoms. The molecule has 4 atom stereocenters. The Labute approximate surface area is 223 Å². The van der Waals surface area contributed by atoms with Gasteiger partial charge in [0.25, 0.3) is 0 Å². The molecule has 4 heterocycles. The van der Waals surface area contributed by atoms with Crippen molar-refractivity contribution in [2.45, 2.75) is 75.7 Å². The van der Waals surface area contributed by atoms with Crippen molar-refractivity contribution in [1.29, 1.82) is 0 Å². The molecule has 3 aromatic rings. The largest absolute Gasteiger partial charge is 0.481 e. The number of aromatic nitrogens is 6. The fourth-order valence-electron chi connectivity index (χ4n) is 4.84. The van der Waals surface area contributed by atoms with E-state index < -0.39 is 21.2 Å². The Morgan fingerprint density at radius 3 is 2.55 bits per heavy atom. The zero-order valence-electron chi connectivity index (χ0n) is 22.6. The van der Waals surface area contributed by atoms with Crippen LogP contribution >= 0.6 is 0 Å². The van der Waals surface area contributed by atoms with E-state index in [2.05, 4.69) is 32.1 Å². The summed E-state index contributed by atoms with van der Waals surface area (Å²) < 4.78 is 46.4. The van der Waals surface area contributed by atoms with Gasteiger partial charge in [-0.25, -0.2) is 23.4 Å². The number of hydrogen-bond acceptors (Lipinski definition) is 10. The third-order valence-electron chi connectivity index (χ3n) is 6.95. The van der Waals surface area contributed by atoms with Crippen LogP contribution in [-0.2, 0) is 25.1 Å². The van der Waals surface area contributed by atoms with Crippen molar-refractivity contribution in [3.8, 4) is 17.4 Å². The Balaban J connectivity index is 1.73. The van der Waals surface area contributed by atoms with Gasteiger partial charge in [-0.05, 0) is 51.2 Å². The third kappa shape index (κ3) is 6.02. The minimum atomic E-state index is -3.77. The molecule has 206 valence electrons. The molecule has 1 saturated heterocycles. The number of ether oxygens (including phenoxy) is 3. The molecular formula is C26H36N6O5S. The second kappa shape index (κ2) is 12.3. The van der Waals surface area contributed by atoms with Crippen molar-refractivity contribution in [1.82, 2.24) is 29.7 Å². The molecule has 1 aliphatic heterocycles. The summed E-state index contributed by atoms with van der Waals surface area (Å²) in [5.74, 6) is 1.23. The van der Waals surface area contributed by atoms with Crippen LogP contribution in [0.4, 0.5) is 0 Å². The van der Waals surface area contributed by atoms with Crippen LogP contribution in [-0.4, -0.2) is 70.3 Å². The van der Waals surface area contributed by atoms with Crippen molar-refractivity contribution in [2.24, 2.45) is 0 Å². The van der Waals surface area contributed by atoms with Gasteiger partial charge in [0.2, 0.25) is 5.88 Å². The molecule has 0 radical (unpaired) electrons. The van der Waals surface area contributed by atoms with Gasteiger partial charge in [-0.2, -0.15) is 0 Å². The summed E-state index contributed by atoms with van der Waals surface area (Å²) in [6.45, 7) is 6.21. The quantitative estimate of drug-likeness (QED) is 0.352. The van der Waals surface area contributed by atoms with Crippen LogP contribution in [0.15, 0.2) is 30.6 Å². The number of nitrogens with zero attached hydrogens (tertiary/aromatic N) is 6. The molecule has 1 fully saturated rings. The molecule has 11 nitrogen and oxygen atoms in total. The van der Waals surface area contributed by atoms with E-state index in [9.17, 15) is 8.42 Å². The van der Waals surface area contributed by atoms with Crippen LogP contribution in [0.2, 0.25) is 0 Å².